The Hall–Kier alpha value is -1.85. The number of piperidine rings is 1. The predicted octanol–water partition coefficient (Wildman–Crippen LogP) is 4.21. The van der Waals surface area contributed by atoms with Crippen LogP contribution in [0.4, 0.5) is 0 Å². The van der Waals surface area contributed by atoms with Crippen LogP contribution in [-0.2, 0) is 6.54 Å². The van der Waals surface area contributed by atoms with Gasteiger partial charge in [-0.3, -0.25) is 14.4 Å². The first kappa shape index (κ1) is 19.9. The van der Waals surface area contributed by atoms with Crippen molar-refractivity contribution < 1.29 is 4.79 Å². The number of halogens is 1. The molecule has 1 N–H and O–H groups in total. The van der Waals surface area contributed by atoms with Crippen molar-refractivity contribution in [2.45, 2.75) is 58.7 Å². The van der Waals surface area contributed by atoms with Gasteiger partial charge in [-0.25, -0.2) is 0 Å². The molecule has 5 nitrogen and oxygen atoms in total. The molecule has 3 rings (SSSR count). The molecule has 0 aliphatic carbocycles. The van der Waals surface area contributed by atoms with E-state index in [0.717, 1.165) is 49.6 Å². The number of carbonyl (C=O) groups is 1. The Morgan fingerprint density at radius 2 is 1.96 bits per heavy atom. The molecular formula is C21H29ClN4O. The van der Waals surface area contributed by atoms with Crippen molar-refractivity contribution in [3.05, 3.63) is 52.3 Å². The third-order valence-corrected chi connectivity index (χ3v) is 5.79. The van der Waals surface area contributed by atoms with Gasteiger partial charge >= 0.3 is 0 Å². The normalized spacial score (nSPS) is 17.0. The van der Waals surface area contributed by atoms with Gasteiger partial charge in [0.2, 0.25) is 0 Å². The topological polar surface area (TPSA) is 50.2 Å². The Labute approximate surface area is 166 Å². The summed E-state index contributed by atoms with van der Waals surface area (Å²) in [6, 6.07) is 8.56. The largest absolute Gasteiger partial charge is 0.349 e. The number of hydrogen-bond acceptors (Lipinski definition) is 3. The molecule has 1 fully saturated rings. The van der Waals surface area contributed by atoms with E-state index in [-0.39, 0.29) is 11.9 Å². The molecule has 1 aliphatic heterocycles. The van der Waals surface area contributed by atoms with Crippen molar-refractivity contribution in [1.29, 1.82) is 0 Å². The van der Waals surface area contributed by atoms with E-state index in [2.05, 4.69) is 41.3 Å². The maximum Gasteiger partial charge on any atom is 0.254 e. The molecule has 0 radical (unpaired) electrons. The fourth-order valence-corrected chi connectivity index (χ4v) is 3.74. The summed E-state index contributed by atoms with van der Waals surface area (Å²) in [6.45, 7) is 9.13. The molecule has 27 heavy (non-hydrogen) atoms. The maximum absolute atomic E-state index is 12.7. The molecule has 1 aliphatic rings. The minimum absolute atomic E-state index is 0.00166. The first-order valence-corrected chi connectivity index (χ1v) is 10.2. The number of nitrogens with one attached hydrogen (secondary N) is 1. The molecule has 1 amide bonds. The lowest BCUT2D eigenvalue weighted by Crippen LogP contribution is -2.44. The van der Waals surface area contributed by atoms with Gasteiger partial charge in [0.05, 0.1) is 11.8 Å². The molecule has 0 spiro atoms. The summed E-state index contributed by atoms with van der Waals surface area (Å²) in [4.78, 5) is 15.1. The molecule has 0 unspecified atom stereocenters. The fourth-order valence-electron chi connectivity index (χ4n) is 3.61. The van der Waals surface area contributed by atoms with Crippen LogP contribution in [0.3, 0.4) is 0 Å². The van der Waals surface area contributed by atoms with E-state index in [1.807, 2.05) is 23.7 Å². The van der Waals surface area contributed by atoms with E-state index in [9.17, 15) is 4.79 Å². The zero-order valence-electron chi connectivity index (χ0n) is 16.4. The number of aromatic nitrogens is 2. The Morgan fingerprint density at radius 1 is 1.30 bits per heavy atom. The zero-order chi connectivity index (χ0) is 19.4. The average Bonchev–Trinajstić information content (AvgIpc) is 3.06. The van der Waals surface area contributed by atoms with Crippen LogP contribution in [0.5, 0.6) is 0 Å². The fraction of sp³-hybridized carbons (Fsp3) is 0.524. The van der Waals surface area contributed by atoms with Gasteiger partial charge in [-0.1, -0.05) is 30.7 Å². The van der Waals surface area contributed by atoms with Crippen LogP contribution in [-0.4, -0.2) is 39.7 Å². The number of rotatable bonds is 6. The van der Waals surface area contributed by atoms with Gasteiger partial charge in [-0.15, -0.1) is 0 Å². The highest BCUT2D eigenvalue weighted by Gasteiger charge is 2.23. The van der Waals surface area contributed by atoms with Crippen LogP contribution in [0.15, 0.2) is 30.5 Å². The Bertz CT molecular complexity index is 763. The number of amides is 1. The molecule has 2 aromatic rings. The van der Waals surface area contributed by atoms with Crippen LogP contribution in [0.1, 0.15) is 60.8 Å². The average molecular weight is 389 g/mol. The SMILES string of the molecule is CC[C@@H](C)n1ncc(C(=O)NC2CCN(Cc3ccc(Cl)cc3)CC2)c1C. The summed E-state index contributed by atoms with van der Waals surface area (Å²) in [5.41, 5.74) is 2.91. The molecule has 1 atom stereocenters. The van der Waals surface area contributed by atoms with E-state index in [1.54, 1.807) is 6.20 Å². The molecule has 0 bridgehead atoms. The van der Waals surface area contributed by atoms with Crippen molar-refractivity contribution in [2.24, 2.45) is 0 Å². The molecule has 1 aromatic carbocycles. The van der Waals surface area contributed by atoms with Crippen molar-refractivity contribution in [1.82, 2.24) is 20.0 Å². The van der Waals surface area contributed by atoms with Crippen molar-refractivity contribution >= 4 is 17.5 Å². The Balaban J connectivity index is 1.51. The molecule has 146 valence electrons. The van der Waals surface area contributed by atoms with E-state index >= 15 is 0 Å². The lowest BCUT2D eigenvalue weighted by molar-refractivity contribution is 0.0908. The van der Waals surface area contributed by atoms with Gasteiger partial charge in [0, 0.05) is 42.4 Å². The number of likely N-dealkylation sites (tertiary alicyclic amines) is 1. The Morgan fingerprint density at radius 3 is 2.59 bits per heavy atom. The predicted molar refractivity (Wildman–Crippen MR) is 109 cm³/mol. The standard InChI is InChI=1S/C21H29ClN4O/c1-4-15(2)26-16(3)20(13-23-26)21(27)24-19-9-11-25(12-10-19)14-17-5-7-18(22)8-6-17/h5-8,13,15,19H,4,9-12,14H2,1-3H3,(H,24,27)/t15-/m1/s1. The second kappa shape index (κ2) is 8.89. The van der Waals surface area contributed by atoms with Crippen LogP contribution < -0.4 is 5.32 Å². The maximum atomic E-state index is 12.7. The lowest BCUT2D eigenvalue weighted by Gasteiger charge is -2.32. The molecule has 1 saturated heterocycles. The zero-order valence-corrected chi connectivity index (χ0v) is 17.2. The molecule has 1 aromatic heterocycles. The van der Waals surface area contributed by atoms with Crippen LogP contribution in [0.25, 0.3) is 0 Å². The second-order valence-electron chi connectivity index (χ2n) is 7.50. The minimum Gasteiger partial charge on any atom is -0.349 e. The van der Waals surface area contributed by atoms with E-state index < -0.39 is 0 Å². The number of nitrogens with zero attached hydrogens (tertiary/aromatic N) is 3. The monoisotopic (exact) mass is 388 g/mol. The third-order valence-electron chi connectivity index (χ3n) is 5.54. The van der Waals surface area contributed by atoms with Crippen molar-refractivity contribution in [3.63, 3.8) is 0 Å². The lowest BCUT2D eigenvalue weighted by atomic mass is 10.0. The highest BCUT2D eigenvalue weighted by atomic mass is 35.5. The highest BCUT2D eigenvalue weighted by Crippen LogP contribution is 2.18. The smallest absolute Gasteiger partial charge is 0.254 e. The van der Waals surface area contributed by atoms with Gasteiger partial charge in [0.1, 0.15) is 0 Å². The van der Waals surface area contributed by atoms with Crippen molar-refractivity contribution in [2.75, 3.05) is 13.1 Å². The number of benzene rings is 1. The van der Waals surface area contributed by atoms with E-state index in [4.69, 9.17) is 11.6 Å². The first-order valence-electron chi connectivity index (χ1n) is 9.79. The molecule has 0 saturated carbocycles. The Kier molecular flexibility index (Phi) is 6.55. The summed E-state index contributed by atoms with van der Waals surface area (Å²) in [7, 11) is 0. The summed E-state index contributed by atoms with van der Waals surface area (Å²) in [5.74, 6) is -0.00166. The summed E-state index contributed by atoms with van der Waals surface area (Å²) < 4.78 is 1.95. The van der Waals surface area contributed by atoms with Gasteiger partial charge in [0.25, 0.3) is 5.91 Å². The van der Waals surface area contributed by atoms with E-state index in [1.165, 1.54) is 5.56 Å². The van der Waals surface area contributed by atoms with Crippen LogP contribution >= 0.6 is 11.6 Å². The van der Waals surface area contributed by atoms with Gasteiger partial charge in [-0.05, 0) is 50.8 Å². The summed E-state index contributed by atoms with van der Waals surface area (Å²) in [5, 5.41) is 8.38. The number of hydrogen-bond donors (Lipinski definition) is 1. The van der Waals surface area contributed by atoms with Gasteiger partial charge in [0.15, 0.2) is 0 Å². The number of carbonyl (C=O) groups excluding carboxylic acids is 1. The minimum atomic E-state index is -0.00166. The van der Waals surface area contributed by atoms with Gasteiger partial charge < -0.3 is 5.32 Å². The highest BCUT2D eigenvalue weighted by molar-refractivity contribution is 6.30. The first-order chi connectivity index (χ1) is 13.0. The quantitative estimate of drug-likeness (QED) is 0.806. The van der Waals surface area contributed by atoms with Crippen molar-refractivity contribution in [3.8, 4) is 0 Å². The summed E-state index contributed by atoms with van der Waals surface area (Å²) >= 11 is 5.95. The second-order valence-corrected chi connectivity index (χ2v) is 7.93. The molecule has 6 heteroatoms. The summed E-state index contributed by atoms with van der Waals surface area (Å²) in [6.07, 6.45) is 4.64. The molecule has 2 heterocycles. The van der Waals surface area contributed by atoms with Crippen LogP contribution in [0, 0.1) is 6.92 Å². The molecular weight excluding hydrogens is 360 g/mol. The van der Waals surface area contributed by atoms with Gasteiger partial charge in [-0.2, -0.15) is 5.10 Å². The third kappa shape index (κ3) is 4.90. The van der Waals surface area contributed by atoms with E-state index in [0.29, 0.717) is 11.6 Å². The van der Waals surface area contributed by atoms with Crippen LogP contribution in [0.2, 0.25) is 5.02 Å².